The predicted octanol–water partition coefficient (Wildman–Crippen LogP) is 4.59. The Labute approximate surface area is 132 Å². The number of ether oxygens (including phenoxy) is 1. The van der Waals surface area contributed by atoms with Crippen LogP contribution in [0.25, 0.3) is 11.4 Å². The Morgan fingerprint density at radius 2 is 1.55 bits per heavy atom. The monoisotopic (exact) mass is 300 g/mol. The van der Waals surface area contributed by atoms with Crippen LogP contribution in [0.4, 0.5) is 0 Å². The molecule has 1 aromatic carbocycles. The second-order valence-corrected chi connectivity index (χ2v) is 5.41. The molecule has 118 valence electrons. The fourth-order valence-corrected chi connectivity index (χ4v) is 2.24. The number of aromatic nitrogens is 2. The third kappa shape index (κ3) is 5.35. The zero-order valence-corrected chi connectivity index (χ0v) is 13.2. The van der Waals surface area contributed by atoms with Gasteiger partial charge in [0.25, 0.3) is 0 Å². The van der Waals surface area contributed by atoms with E-state index in [-0.39, 0.29) is 5.75 Å². The van der Waals surface area contributed by atoms with Gasteiger partial charge in [-0.1, -0.05) is 39.0 Å². The Kier molecular flexibility index (Phi) is 6.68. The first-order chi connectivity index (χ1) is 10.8. The molecule has 0 aliphatic carbocycles. The van der Waals surface area contributed by atoms with Crippen LogP contribution in [-0.2, 0) is 0 Å². The number of hydrogen-bond acceptors (Lipinski definition) is 4. The Balaban J connectivity index is 1.74. The van der Waals surface area contributed by atoms with Gasteiger partial charge in [0.05, 0.1) is 19.0 Å². The van der Waals surface area contributed by atoms with E-state index in [9.17, 15) is 5.11 Å². The molecule has 1 aromatic heterocycles. The molecule has 1 N–H and O–H groups in total. The highest BCUT2D eigenvalue weighted by Crippen LogP contribution is 2.20. The summed E-state index contributed by atoms with van der Waals surface area (Å²) in [6.07, 6.45) is 10.4. The van der Waals surface area contributed by atoms with Gasteiger partial charge in [-0.2, -0.15) is 0 Å². The summed E-state index contributed by atoms with van der Waals surface area (Å²) in [6.45, 7) is 3.00. The smallest absolute Gasteiger partial charge is 0.159 e. The van der Waals surface area contributed by atoms with Crippen LogP contribution < -0.4 is 4.74 Å². The molecule has 0 spiro atoms. The summed E-state index contributed by atoms with van der Waals surface area (Å²) in [7, 11) is 0. The van der Waals surface area contributed by atoms with Gasteiger partial charge in [-0.3, -0.25) is 0 Å². The molecule has 0 radical (unpaired) electrons. The third-order valence-electron chi connectivity index (χ3n) is 3.52. The highest BCUT2D eigenvalue weighted by atomic mass is 16.5. The topological polar surface area (TPSA) is 55.2 Å². The zero-order valence-electron chi connectivity index (χ0n) is 13.2. The predicted molar refractivity (Wildman–Crippen MR) is 88.0 cm³/mol. The Bertz CT molecular complexity index is 538. The SMILES string of the molecule is CCCCCCCCOc1ccc(-c2ncc(O)cn2)cc1. The van der Waals surface area contributed by atoms with Crippen molar-refractivity contribution in [2.45, 2.75) is 45.4 Å². The van der Waals surface area contributed by atoms with Crippen LogP contribution in [0.1, 0.15) is 45.4 Å². The molecule has 4 heteroatoms. The molecule has 0 amide bonds. The summed E-state index contributed by atoms with van der Waals surface area (Å²) < 4.78 is 5.74. The van der Waals surface area contributed by atoms with E-state index in [0.717, 1.165) is 24.3 Å². The number of nitrogens with zero attached hydrogens (tertiary/aromatic N) is 2. The van der Waals surface area contributed by atoms with E-state index in [2.05, 4.69) is 16.9 Å². The fourth-order valence-electron chi connectivity index (χ4n) is 2.24. The maximum absolute atomic E-state index is 9.19. The molecular weight excluding hydrogens is 276 g/mol. The van der Waals surface area contributed by atoms with Crippen molar-refractivity contribution >= 4 is 0 Å². The minimum atomic E-state index is 0.0719. The lowest BCUT2D eigenvalue weighted by Crippen LogP contribution is -1.97. The van der Waals surface area contributed by atoms with Gasteiger partial charge in [0, 0.05) is 5.56 Å². The van der Waals surface area contributed by atoms with Gasteiger partial charge in [-0.15, -0.1) is 0 Å². The van der Waals surface area contributed by atoms with Crippen molar-refractivity contribution in [3.05, 3.63) is 36.7 Å². The third-order valence-corrected chi connectivity index (χ3v) is 3.52. The molecule has 0 atom stereocenters. The van der Waals surface area contributed by atoms with Gasteiger partial charge in [0.1, 0.15) is 5.75 Å². The highest BCUT2D eigenvalue weighted by molar-refractivity contribution is 5.56. The summed E-state index contributed by atoms with van der Waals surface area (Å²) in [5, 5.41) is 9.19. The van der Waals surface area contributed by atoms with Crippen molar-refractivity contribution in [2.75, 3.05) is 6.61 Å². The molecule has 0 saturated heterocycles. The molecule has 0 unspecified atom stereocenters. The maximum Gasteiger partial charge on any atom is 0.159 e. The molecule has 0 aliphatic rings. The number of benzene rings is 1. The van der Waals surface area contributed by atoms with Gasteiger partial charge < -0.3 is 9.84 Å². The normalized spacial score (nSPS) is 10.6. The van der Waals surface area contributed by atoms with Crippen LogP contribution in [-0.4, -0.2) is 21.7 Å². The first kappa shape index (κ1) is 16.3. The molecule has 0 fully saturated rings. The minimum absolute atomic E-state index is 0.0719. The van der Waals surface area contributed by atoms with Gasteiger partial charge in [-0.25, -0.2) is 9.97 Å². The molecule has 0 bridgehead atoms. The van der Waals surface area contributed by atoms with Crippen LogP contribution in [0.2, 0.25) is 0 Å². The van der Waals surface area contributed by atoms with E-state index >= 15 is 0 Å². The van der Waals surface area contributed by atoms with Crippen LogP contribution in [0.15, 0.2) is 36.7 Å². The summed E-state index contributed by atoms with van der Waals surface area (Å²) in [5.74, 6) is 1.54. The lowest BCUT2D eigenvalue weighted by Gasteiger charge is -2.07. The lowest BCUT2D eigenvalue weighted by atomic mass is 10.1. The Morgan fingerprint density at radius 3 is 2.23 bits per heavy atom. The van der Waals surface area contributed by atoms with Crippen LogP contribution in [0.5, 0.6) is 11.5 Å². The maximum atomic E-state index is 9.19. The minimum Gasteiger partial charge on any atom is -0.505 e. The number of rotatable bonds is 9. The summed E-state index contributed by atoms with van der Waals surface area (Å²) in [5.41, 5.74) is 0.909. The van der Waals surface area contributed by atoms with Gasteiger partial charge in [0.2, 0.25) is 0 Å². The van der Waals surface area contributed by atoms with Crippen molar-refractivity contribution in [3.8, 4) is 22.9 Å². The van der Waals surface area contributed by atoms with Gasteiger partial charge in [0.15, 0.2) is 11.6 Å². The van der Waals surface area contributed by atoms with Crippen molar-refractivity contribution in [1.29, 1.82) is 0 Å². The standard InChI is InChI=1S/C18H24N2O2/c1-2-3-4-5-6-7-12-22-17-10-8-15(9-11-17)18-19-13-16(21)14-20-18/h8-11,13-14,21H,2-7,12H2,1H3. The molecule has 2 rings (SSSR count). The van der Waals surface area contributed by atoms with Crippen LogP contribution in [0.3, 0.4) is 0 Å². The van der Waals surface area contributed by atoms with E-state index in [0.29, 0.717) is 5.82 Å². The molecule has 4 nitrogen and oxygen atoms in total. The molecule has 2 aromatic rings. The second-order valence-electron chi connectivity index (χ2n) is 5.41. The quantitative estimate of drug-likeness (QED) is 0.688. The zero-order chi connectivity index (χ0) is 15.6. The fraction of sp³-hybridized carbons (Fsp3) is 0.444. The van der Waals surface area contributed by atoms with Crippen LogP contribution in [0, 0.1) is 0 Å². The molecule has 22 heavy (non-hydrogen) atoms. The number of aromatic hydroxyl groups is 1. The van der Waals surface area contributed by atoms with E-state index in [1.54, 1.807) is 0 Å². The summed E-state index contributed by atoms with van der Waals surface area (Å²) in [4.78, 5) is 8.17. The van der Waals surface area contributed by atoms with E-state index in [1.807, 2.05) is 24.3 Å². The Hall–Kier alpha value is -2.10. The average Bonchev–Trinajstić information content (AvgIpc) is 2.55. The first-order valence-corrected chi connectivity index (χ1v) is 8.04. The van der Waals surface area contributed by atoms with E-state index in [1.165, 1.54) is 44.5 Å². The Morgan fingerprint density at radius 1 is 0.909 bits per heavy atom. The van der Waals surface area contributed by atoms with E-state index < -0.39 is 0 Å². The molecule has 0 aliphatic heterocycles. The van der Waals surface area contributed by atoms with Crippen molar-refractivity contribution < 1.29 is 9.84 Å². The van der Waals surface area contributed by atoms with Crippen LogP contribution >= 0.6 is 0 Å². The average molecular weight is 300 g/mol. The van der Waals surface area contributed by atoms with Gasteiger partial charge in [-0.05, 0) is 30.7 Å². The molecule has 0 saturated carbocycles. The molecular formula is C18H24N2O2. The largest absolute Gasteiger partial charge is 0.505 e. The second kappa shape index (κ2) is 9.03. The number of hydrogen-bond donors (Lipinski definition) is 1. The molecule has 1 heterocycles. The van der Waals surface area contributed by atoms with Gasteiger partial charge >= 0.3 is 0 Å². The van der Waals surface area contributed by atoms with E-state index in [4.69, 9.17) is 4.74 Å². The summed E-state index contributed by atoms with van der Waals surface area (Å²) in [6, 6.07) is 7.73. The van der Waals surface area contributed by atoms with Crippen molar-refractivity contribution in [1.82, 2.24) is 9.97 Å². The first-order valence-electron chi connectivity index (χ1n) is 8.04. The van der Waals surface area contributed by atoms with Crippen molar-refractivity contribution in [3.63, 3.8) is 0 Å². The number of unbranched alkanes of at least 4 members (excludes halogenated alkanes) is 5. The highest BCUT2D eigenvalue weighted by Gasteiger charge is 2.02. The lowest BCUT2D eigenvalue weighted by molar-refractivity contribution is 0.304. The van der Waals surface area contributed by atoms with Crippen molar-refractivity contribution in [2.24, 2.45) is 0 Å². The summed E-state index contributed by atoms with van der Waals surface area (Å²) >= 11 is 0.